The molecule has 0 bridgehead atoms. The lowest BCUT2D eigenvalue weighted by atomic mass is 10.1. The Morgan fingerprint density at radius 2 is 0.955 bits per heavy atom. The van der Waals surface area contributed by atoms with Gasteiger partial charge in [-0.2, -0.15) is 17.3 Å². The molecular formula is C17H17N2O3-. The second-order valence-corrected chi connectivity index (χ2v) is 4.41. The van der Waals surface area contributed by atoms with Gasteiger partial charge in [-0.3, -0.25) is 9.59 Å². The van der Waals surface area contributed by atoms with Crippen LogP contribution < -0.4 is 5.11 Å². The molecule has 0 atom stereocenters. The van der Waals surface area contributed by atoms with Gasteiger partial charge in [0.1, 0.15) is 0 Å². The van der Waals surface area contributed by atoms with Crippen molar-refractivity contribution in [3.63, 3.8) is 0 Å². The van der Waals surface area contributed by atoms with Crippen molar-refractivity contribution in [2.75, 3.05) is 7.11 Å². The number of hydrogen-bond donors (Lipinski definition) is 0. The molecule has 0 aliphatic rings. The zero-order valence-corrected chi connectivity index (χ0v) is 12.7. The average molecular weight is 297 g/mol. The van der Waals surface area contributed by atoms with Crippen molar-refractivity contribution in [1.29, 1.82) is 0 Å². The molecule has 0 heterocycles. The van der Waals surface area contributed by atoms with Gasteiger partial charge in [-0.1, -0.05) is 0 Å². The van der Waals surface area contributed by atoms with Crippen LogP contribution in [-0.4, -0.2) is 18.7 Å². The van der Waals surface area contributed by atoms with Gasteiger partial charge in [0.15, 0.2) is 11.6 Å². The van der Waals surface area contributed by atoms with Crippen molar-refractivity contribution in [2.24, 2.45) is 10.2 Å². The van der Waals surface area contributed by atoms with Crippen LogP contribution in [0.25, 0.3) is 0 Å². The molecule has 0 spiro atoms. The number of ketones is 2. The van der Waals surface area contributed by atoms with Crippen LogP contribution in [0, 0.1) is 0 Å². The Bertz CT molecular complexity index is 600. The van der Waals surface area contributed by atoms with Gasteiger partial charge in [0.2, 0.25) is 0 Å². The lowest BCUT2D eigenvalue weighted by molar-refractivity contribution is -0.325. The lowest BCUT2D eigenvalue weighted by Crippen LogP contribution is -1.89. The highest BCUT2D eigenvalue weighted by Gasteiger charge is 1.99. The summed E-state index contributed by atoms with van der Waals surface area (Å²) in [6.07, 6.45) is 0. The van der Waals surface area contributed by atoms with Gasteiger partial charge in [-0.25, -0.2) is 0 Å². The predicted octanol–water partition coefficient (Wildman–Crippen LogP) is 3.48. The van der Waals surface area contributed by atoms with E-state index in [2.05, 4.69) is 10.2 Å². The van der Waals surface area contributed by atoms with Crippen LogP contribution >= 0.6 is 0 Å². The Labute approximate surface area is 129 Å². The summed E-state index contributed by atoms with van der Waals surface area (Å²) < 4.78 is 0. The van der Waals surface area contributed by atoms with Gasteiger partial charge in [-0.05, 0) is 62.4 Å². The highest BCUT2D eigenvalue weighted by molar-refractivity contribution is 5.94. The molecule has 0 fully saturated rings. The Hall–Kier alpha value is -2.66. The normalized spacial score (nSPS) is 10.0. The first-order chi connectivity index (χ1) is 10.6. The number of carbonyl (C=O) groups excluding carboxylic acids is 2. The minimum atomic E-state index is 0.0216. The van der Waals surface area contributed by atoms with Crippen LogP contribution in [0.15, 0.2) is 58.8 Å². The van der Waals surface area contributed by atoms with E-state index in [1.807, 2.05) is 0 Å². The molecule has 2 aromatic rings. The molecule has 0 aliphatic carbocycles. The standard InChI is InChI=1S/C16H14N2O2.CH3O/c1-11(19)13-3-7-15(8-4-13)17-18-16-9-5-14(6-10-16)12(2)20;1-2/h3-10H,1-2H3;1H3/q;-1. The zero-order chi connectivity index (χ0) is 16.5. The van der Waals surface area contributed by atoms with Crippen LogP contribution in [0.2, 0.25) is 0 Å². The van der Waals surface area contributed by atoms with Crippen LogP contribution in [0.3, 0.4) is 0 Å². The van der Waals surface area contributed by atoms with E-state index >= 15 is 0 Å². The van der Waals surface area contributed by atoms with E-state index in [9.17, 15) is 9.59 Å². The highest BCUT2D eigenvalue weighted by atomic mass is 16.2. The molecule has 0 unspecified atom stereocenters. The Morgan fingerprint density at radius 1 is 0.682 bits per heavy atom. The topological polar surface area (TPSA) is 81.9 Å². The first-order valence-electron chi connectivity index (χ1n) is 6.61. The van der Waals surface area contributed by atoms with Gasteiger partial charge in [0, 0.05) is 11.1 Å². The second kappa shape index (κ2) is 8.59. The summed E-state index contributed by atoms with van der Waals surface area (Å²) in [6, 6.07) is 13.8. The van der Waals surface area contributed by atoms with Crippen molar-refractivity contribution < 1.29 is 14.7 Å². The largest absolute Gasteiger partial charge is 0.857 e. The van der Waals surface area contributed by atoms with Gasteiger partial charge >= 0.3 is 0 Å². The van der Waals surface area contributed by atoms with Crippen molar-refractivity contribution in [1.82, 2.24) is 0 Å². The minimum Gasteiger partial charge on any atom is -0.857 e. The third kappa shape index (κ3) is 5.03. The van der Waals surface area contributed by atoms with Gasteiger partial charge in [0.25, 0.3) is 0 Å². The Balaban J connectivity index is 0.00000116. The van der Waals surface area contributed by atoms with Gasteiger partial charge in [0.05, 0.1) is 11.4 Å². The van der Waals surface area contributed by atoms with Crippen molar-refractivity contribution in [2.45, 2.75) is 13.8 Å². The molecular weight excluding hydrogens is 280 g/mol. The maximum atomic E-state index is 11.1. The molecule has 0 amide bonds. The number of azo groups is 1. The molecule has 0 saturated carbocycles. The van der Waals surface area contributed by atoms with Gasteiger partial charge in [-0.15, -0.1) is 0 Å². The summed E-state index contributed by atoms with van der Waals surface area (Å²) >= 11 is 0. The lowest BCUT2D eigenvalue weighted by Gasteiger charge is -1.97. The fourth-order valence-corrected chi connectivity index (χ4v) is 1.64. The maximum Gasteiger partial charge on any atom is 0.159 e. The number of nitrogens with zero attached hydrogens (tertiary/aromatic N) is 2. The SMILES string of the molecule is CC(=O)c1ccc(N=Nc2ccc(C(C)=O)cc2)cc1.C[O-]. The van der Waals surface area contributed by atoms with Crippen LogP contribution in [0.1, 0.15) is 34.6 Å². The van der Waals surface area contributed by atoms with E-state index in [-0.39, 0.29) is 11.6 Å². The Kier molecular flexibility index (Phi) is 6.79. The summed E-state index contributed by atoms with van der Waals surface area (Å²) in [5.41, 5.74) is 2.64. The molecule has 0 aromatic heterocycles. The summed E-state index contributed by atoms with van der Waals surface area (Å²) in [5.74, 6) is 0.0432. The predicted molar refractivity (Wildman–Crippen MR) is 83.0 cm³/mol. The quantitative estimate of drug-likeness (QED) is 0.639. The van der Waals surface area contributed by atoms with Crippen molar-refractivity contribution >= 4 is 22.9 Å². The summed E-state index contributed by atoms with van der Waals surface area (Å²) in [5, 5.41) is 16.4. The molecule has 2 aromatic carbocycles. The van der Waals surface area contributed by atoms with Crippen molar-refractivity contribution in [3.8, 4) is 0 Å². The van der Waals surface area contributed by atoms with E-state index in [0.29, 0.717) is 22.5 Å². The van der Waals surface area contributed by atoms with Crippen LogP contribution in [0.5, 0.6) is 0 Å². The van der Waals surface area contributed by atoms with E-state index in [4.69, 9.17) is 5.11 Å². The van der Waals surface area contributed by atoms with Crippen LogP contribution in [-0.2, 0) is 0 Å². The fraction of sp³-hybridized carbons (Fsp3) is 0.176. The highest BCUT2D eigenvalue weighted by Crippen LogP contribution is 2.19. The molecule has 5 nitrogen and oxygen atoms in total. The number of carbonyl (C=O) groups is 2. The van der Waals surface area contributed by atoms with E-state index in [1.54, 1.807) is 48.5 Å². The third-order valence-electron chi connectivity index (χ3n) is 2.83. The van der Waals surface area contributed by atoms with Crippen molar-refractivity contribution in [3.05, 3.63) is 59.7 Å². The Morgan fingerprint density at radius 3 is 1.18 bits per heavy atom. The molecule has 0 N–H and O–H groups in total. The van der Waals surface area contributed by atoms with E-state index < -0.39 is 0 Å². The molecule has 0 radical (unpaired) electrons. The molecule has 114 valence electrons. The number of rotatable bonds is 4. The number of benzene rings is 2. The molecule has 0 aliphatic heterocycles. The van der Waals surface area contributed by atoms with Gasteiger partial charge < -0.3 is 5.11 Å². The maximum absolute atomic E-state index is 11.1. The molecule has 5 heteroatoms. The first kappa shape index (κ1) is 17.4. The van der Waals surface area contributed by atoms with E-state index in [1.165, 1.54) is 13.8 Å². The number of hydrogen-bond acceptors (Lipinski definition) is 5. The summed E-state index contributed by atoms with van der Waals surface area (Å²) in [6.45, 7) is 3.04. The molecule has 22 heavy (non-hydrogen) atoms. The number of Topliss-reactive ketones (excluding diaryl/α,β-unsaturated/α-hetero) is 2. The summed E-state index contributed by atoms with van der Waals surface area (Å²) in [7, 11) is 0.750. The average Bonchev–Trinajstić information content (AvgIpc) is 2.55. The molecule has 0 saturated heterocycles. The molecule has 2 rings (SSSR count). The monoisotopic (exact) mass is 297 g/mol. The fourth-order valence-electron chi connectivity index (χ4n) is 1.64. The zero-order valence-electron chi connectivity index (χ0n) is 12.7. The minimum absolute atomic E-state index is 0.0216. The summed E-state index contributed by atoms with van der Waals surface area (Å²) in [4.78, 5) is 22.3. The van der Waals surface area contributed by atoms with Crippen LogP contribution in [0.4, 0.5) is 11.4 Å². The smallest absolute Gasteiger partial charge is 0.159 e. The van der Waals surface area contributed by atoms with E-state index in [0.717, 1.165) is 7.11 Å². The second-order valence-electron chi connectivity index (χ2n) is 4.41. The first-order valence-corrected chi connectivity index (χ1v) is 6.61. The third-order valence-corrected chi connectivity index (χ3v) is 2.83.